The molecule has 8 heteroatoms. The van der Waals surface area contributed by atoms with Crippen molar-refractivity contribution in [1.82, 2.24) is 14.1 Å². The van der Waals surface area contributed by atoms with Crippen molar-refractivity contribution in [3.05, 3.63) is 83.4 Å². The third-order valence-corrected chi connectivity index (χ3v) is 8.71. The Bertz CT molecular complexity index is 1360. The first-order chi connectivity index (χ1) is 17.5. The van der Waals surface area contributed by atoms with Gasteiger partial charge < -0.3 is 4.74 Å². The SMILES string of the molecule is CCCN(C[C@]1(COC)C=Cc2c(cnn2-c2ccc(F)cc2)C1)S(=O)(=O)c1ccc(C(C)(C)C)cc1. The van der Waals surface area contributed by atoms with Crippen molar-refractivity contribution in [2.75, 3.05) is 26.8 Å². The van der Waals surface area contributed by atoms with Crippen LogP contribution in [0.5, 0.6) is 0 Å². The molecule has 0 saturated carbocycles. The Hall–Kier alpha value is -2.81. The minimum Gasteiger partial charge on any atom is -0.384 e. The molecule has 0 aliphatic heterocycles. The minimum absolute atomic E-state index is 0.0587. The van der Waals surface area contributed by atoms with Crippen LogP contribution < -0.4 is 0 Å². The van der Waals surface area contributed by atoms with Gasteiger partial charge in [0.15, 0.2) is 0 Å². The first kappa shape index (κ1) is 27.2. The van der Waals surface area contributed by atoms with Gasteiger partial charge in [0, 0.05) is 25.6 Å². The van der Waals surface area contributed by atoms with Crippen LogP contribution in [0.2, 0.25) is 0 Å². The van der Waals surface area contributed by atoms with Gasteiger partial charge in [0.25, 0.3) is 0 Å². The summed E-state index contributed by atoms with van der Waals surface area (Å²) in [5.41, 5.74) is 3.14. The smallest absolute Gasteiger partial charge is 0.243 e. The van der Waals surface area contributed by atoms with Gasteiger partial charge >= 0.3 is 0 Å². The van der Waals surface area contributed by atoms with E-state index in [1.807, 2.05) is 31.2 Å². The van der Waals surface area contributed by atoms with Gasteiger partial charge in [-0.2, -0.15) is 9.40 Å². The number of fused-ring (bicyclic) bond motifs is 1. The average Bonchev–Trinajstić information content (AvgIpc) is 3.27. The van der Waals surface area contributed by atoms with Crippen LogP contribution in [0, 0.1) is 11.2 Å². The number of sulfonamides is 1. The largest absolute Gasteiger partial charge is 0.384 e. The number of benzene rings is 2. The van der Waals surface area contributed by atoms with Gasteiger partial charge in [-0.3, -0.25) is 0 Å². The number of hydrogen-bond donors (Lipinski definition) is 0. The maximum absolute atomic E-state index is 13.8. The minimum atomic E-state index is -3.71. The summed E-state index contributed by atoms with van der Waals surface area (Å²) in [6.45, 7) is 9.36. The van der Waals surface area contributed by atoms with Crippen molar-refractivity contribution in [3.63, 3.8) is 0 Å². The standard InChI is InChI=1S/C29H36FN3O3S/c1-6-17-32(37(34,35)26-13-7-23(8-14-26)28(2,3)4)20-29(21-36-5)16-15-27-22(18-29)19-31-33(27)25-11-9-24(30)10-12-25/h7-16,19H,6,17-18,20-21H2,1-5H3/t29-/m0/s1. The molecule has 0 saturated heterocycles. The number of rotatable bonds is 9. The molecule has 0 unspecified atom stereocenters. The molecule has 1 atom stereocenters. The number of ether oxygens (including phenoxy) is 1. The molecular weight excluding hydrogens is 489 g/mol. The lowest BCUT2D eigenvalue weighted by atomic mass is 9.78. The molecule has 1 aromatic heterocycles. The summed E-state index contributed by atoms with van der Waals surface area (Å²) in [4.78, 5) is 0.297. The molecule has 0 bridgehead atoms. The molecule has 198 valence electrons. The van der Waals surface area contributed by atoms with E-state index in [4.69, 9.17) is 4.74 Å². The van der Waals surface area contributed by atoms with Crippen LogP contribution in [0.25, 0.3) is 11.8 Å². The van der Waals surface area contributed by atoms with Crippen molar-refractivity contribution >= 4 is 16.1 Å². The van der Waals surface area contributed by atoms with Gasteiger partial charge in [-0.05, 0) is 71.9 Å². The van der Waals surface area contributed by atoms with Crippen molar-refractivity contribution in [1.29, 1.82) is 0 Å². The summed E-state index contributed by atoms with van der Waals surface area (Å²) in [6, 6.07) is 13.4. The number of nitrogens with zero attached hydrogens (tertiary/aromatic N) is 3. The van der Waals surface area contributed by atoms with E-state index in [0.717, 1.165) is 22.5 Å². The van der Waals surface area contributed by atoms with Gasteiger partial charge in [-0.25, -0.2) is 17.5 Å². The molecule has 1 aliphatic carbocycles. The van der Waals surface area contributed by atoms with E-state index in [-0.39, 0.29) is 17.8 Å². The molecule has 37 heavy (non-hydrogen) atoms. The van der Waals surface area contributed by atoms with Gasteiger partial charge in [0.1, 0.15) is 5.82 Å². The van der Waals surface area contributed by atoms with Crippen LogP contribution >= 0.6 is 0 Å². The van der Waals surface area contributed by atoms with Crippen LogP contribution in [-0.4, -0.2) is 49.3 Å². The fourth-order valence-electron chi connectivity index (χ4n) is 4.89. The molecule has 2 aromatic carbocycles. The predicted molar refractivity (Wildman–Crippen MR) is 145 cm³/mol. The van der Waals surface area contributed by atoms with E-state index in [1.165, 1.54) is 12.1 Å². The van der Waals surface area contributed by atoms with Crippen LogP contribution in [0.15, 0.2) is 65.7 Å². The lowest BCUT2D eigenvalue weighted by Gasteiger charge is -2.37. The Kier molecular flexibility index (Phi) is 7.74. The Morgan fingerprint density at radius 2 is 1.78 bits per heavy atom. The van der Waals surface area contributed by atoms with Crippen LogP contribution in [0.1, 0.15) is 50.9 Å². The second kappa shape index (κ2) is 10.5. The summed E-state index contributed by atoms with van der Waals surface area (Å²) >= 11 is 0. The van der Waals surface area contributed by atoms with Gasteiger partial charge in [-0.15, -0.1) is 0 Å². The molecule has 3 aromatic rings. The van der Waals surface area contributed by atoms with E-state index in [2.05, 4.69) is 25.9 Å². The predicted octanol–water partition coefficient (Wildman–Crippen LogP) is 5.61. The zero-order chi connectivity index (χ0) is 26.8. The second-order valence-electron chi connectivity index (χ2n) is 10.9. The van der Waals surface area contributed by atoms with E-state index in [9.17, 15) is 12.8 Å². The first-order valence-electron chi connectivity index (χ1n) is 12.6. The fraction of sp³-hybridized carbons (Fsp3) is 0.414. The highest BCUT2D eigenvalue weighted by atomic mass is 32.2. The van der Waals surface area contributed by atoms with E-state index < -0.39 is 15.4 Å². The van der Waals surface area contributed by atoms with Gasteiger partial charge in [0.2, 0.25) is 10.0 Å². The number of hydrogen-bond acceptors (Lipinski definition) is 4. The normalized spacial score (nSPS) is 17.8. The lowest BCUT2D eigenvalue weighted by molar-refractivity contribution is 0.0953. The number of halogens is 1. The molecule has 0 N–H and O–H groups in total. The summed E-state index contributed by atoms with van der Waals surface area (Å²) < 4.78 is 49.9. The molecular formula is C29H36FN3O3S. The third-order valence-electron chi connectivity index (χ3n) is 6.85. The maximum Gasteiger partial charge on any atom is 0.243 e. The maximum atomic E-state index is 13.8. The zero-order valence-electron chi connectivity index (χ0n) is 22.2. The topological polar surface area (TPSA) is 64.4 Å². The average molecular weight is 526 g/mol. The highest BCUT2D eigenvalue weighted by molar-refractivity contribution is 7.89. The second-order valence-corrected chi connectivity index (χ2v) is 12.8. The van der Waals surface area contributed by atoms with Crippen LogP contribution in [0.4, 0.5) is 4.39 Å². The van der Waals surface area contributed by atoms with Crippen molar-refractivity contribution in [2.45, 2.75) is 50.8 Å². The Labute approximate surface area is 219 Å². The molecule has 0 fully saturated rings. The number of methoxy groups -OCH3 is 1. The Morgan fingerprint density at radius 3 is 2.38 bits per heavy atom. The van der Waals surface area contributed by atoms with Crippen LogP contribution in [0.3, 0.4) is 0 Å². The highest BCUT2D eigenvalue weighted by Crippen LogP contribution is 2.36. The summed E-state index contributed by atoms with van der Waals surface area (Å²) in [6.07, 6.45) is 7.09. The third kappa shape index (κ3) is 5.71. The molecule has 0 amide bonds. The van der Waals surface area contributed by atoms with Crippen molar-refractivity contribution in [3.8, 4) is 5.69 Å². The Balaban J connectivity index is 1.64. The Morgan fingerprint density at radius 1 is 1.11 bits per heavy atom. The molecule has 0 spiro atoms. The summed E-state index contributed by atoms with van der Waals surface area (Å²) in [5, 5.41) is 4.53. The first-order valence-corrected chi connectivity index (χ1v) is 14.0. The van der Waals surface area contributed by atoms with E-state index in [0.29, 0.717) is 30.9 Å². The van der Waals surface area contributed by atoms with Gasteiger partial charge in [-0.1, -0.05) is 45.9 Å². The monoisotopic (exact) mass is 525 g/mol. The molecule has 6 nitrogen and oxygen atoms in total. The van der Waals surface area contributed by atoms with Crippen LogP contribution in [-0.2, 0) is 26.6 Å². The molecule has 4 rings (SSSR count). The summed E-state index contributed by atoms with van der Waals surface area (Å²) in [7, 11) is -2.08. The molecule has 0 radical (unpaired) electrons. The van der Waals surface area contributed by atoms with E-state index >= 15 is 0 Å². The van der Waals surface area contributed by atoms with Crippen molar-refractivity contribution < 1.29 is 17.5 Å². The lowest BCUT2D eigenvalue weighted by Crippen LogP contribution is -2.45. The zero-order valence-corrected chi connectivity index (χ0v) is 23.1. The highest BCUT2D eigenvalue weighted by Gasteiger charge is 2.38. The molecule has 1 aliphatic rings. The van der Waals surface area contributed by atoms with E-state index in [1.54, 1.807) is 46.6 Å². The quantitative estimate of drug-likeness (QED) is 0.364. The van der Waals surface area contributed by atoms with Gasteiger partial charge in [0.05, 0.1) is 29.1 Å². The molecule has 1 heterocycles. The number of aromatic nitrogens is 2. The fourth-order valence-corrected chi connectivity index (χ4v) is 6.52. The summed E-state index contributed by atoms with van der Waals surface area (Å²) in [5.74, 6) is -0.301. The van der Waals surface area contributed by atoms with Crippen molar-refractivity contribution in [2.24, 2.45) is 5.41 Å².